The Kier molecular flexibility index (Phi) is 7.05. The summed E-state index contributed by atoms with van der Waals surface area (Å²) in [5, 5.41) is 3.61. The van der Waals surface area contributed by atoms with Crippen LogP contribution in [0.3, 0.4) is 0 Å². The predicted molar refractivity (Wildman–Crippen MR) is 89.8 cm³/mol. The SMILES string of the molecule is CN=C(NCc1cc(Cl)ccc1OC(F)F)N(C)CC1CCOC1. The van der Waals surface area contributed by atoms with Crippen LogP contribution in [0.25, 0.3) is 0 Å². The van der Waals surface area contributed by atoms with Crippen LogP contribution in [0.2, 0.25) is 5.02 Å². The van der Waals surface area contributed by atoms with E-state index in [2.05, 4.69) is 15.0 Å². The number of hydrogen-bond donors (Lipinski definition) is 1. The molecule has 1 aliphatic rings. The van der Waals surface area contributed by atoms with Crippen molar-refractivity contribution in [3.05, 3.63) is 28.8 Å². The van der Waals surface area contributed by atoms with Gasteiger partial charge in [-0.25, -0.2) is 0 Å². The fourth-order valence-electron chi connectivity index (χ4n) is 2.66. The monoisotopic (exact) mass is 361 g/mol. The molecule has 2 rings (SSSR count). The van der Waals surface area contributed by atoms with Crippen LogP contribution in [0.15, 0.2) is 23.2 Å². The van der Waals surface area contributed by atoms with Gasteiger partial charge >= 0.3 is 6.61 Å². The van der Waals surface area contributed by atoms with Gasteiger partial charge in [-0.05, 0) is 24.6 Å². The predicted octanol–water partition coefficient (Wildman–Crippen LogP) is 2.99. The van der Waals surface area contributed by atoms with Gasteiger partial charge < -0.3 is 19.7 Å². The van der Waals surface area contributed by atoms with Gasteiger partial charge in [-0.2, -0.15) is 8.78 Å². The zero-order valence-corrected chi connectivity index (χ0v) is 14.5. The van der Waals surface area contributed by atoms with E-state index in [4.69, 9.17) is 16.3 Å². The second kappa shape index (κ2) is 9.03. The van der Waals surface area contributed by atoms with E-state index >= 15 is 0 Å². The molecular weight excluding hydrogens is 340 g/mol. The first-order valence-corrected chi connectivity index (χ1v) is 8.10. The van der Waals surface area contributed by atoms with Crippen molar-refractivity contribution in [1.82, 2.24) is 10.2 Å². The number of benzene rings is 1. The number of ether oxygens (including phenoxy) is 2. The summed E-state index contributed by atoms with van der Waals surface area (Å²) in [5.41, 5.74) is 0.543. The average molecular weight is 362 g/mol. The summed E-state index contributed by atoms with van der Waals surface area (Å²) in [7, 11) is 3.61. The lowest BCUT2D eigenvalue weighted by molar-refractivity contribution is -0.0504. The van der Waals surface area contributed by atoms with Crippen LogP contribution in [0, 0.1) is 5.92 Å². The molecular formula is C16H22ClF2N3O2. The Bertz CT molecular complexity index is 566. The summed E-state index contributed by atoms with van der Waals surface area (Å²) in [6, 6.07) is 4.56. The smallest absolute Gasteiger partial charge is 0.387 e. The highest BCUT2D eigenvalue weighted by molar-refractivity contribution is 6.30. The fraction of sp³-hybridized carbons (Fsp3) is 0.562. The molecule has 1 fully saturated rings. The first-order valence-electron chi connectivity index (χ1n) is 7.72. The molecule has 0 spiro atoms. The number of nitrogens with one attached hydrogen (secondary N) is 1. The third-order valence-corrected chi connectivity index (χ3v) is 4.04. The summed E-state index contributed by atoms with van der Waals surface area (Å²) < 4.78 is 34.9. The number of guanidine groups is 1. The summed E-state index contributed by atoms with van der Waals surface area (Å²) in [6.45, 7) is -0.242. The molecule has 0 aromatic heterocycles. The quantitative estimate of drug-likeness (QED) is 0.625. The van der Waals surface area contributed by atoms with Gasteiger partial charge in [-0.1, -0.05) is 11.6 Å². The fourth-order valence-corrected chi connectivity index (χ4v) is 2.85. The van der Waals surface area contributed by atoms with Gasteiger partial charge in [-0.15, -0.1) is 0 Å². The number of nitrogens with zero attached hydrogens (tertiary/aromatic N) is 2. The van der Waals surface area contributed by atoms with E-state index in [9.17, 15) is 8.78 Å². The zero-order chi connectivity index (χ0) is 17.5. The maximum atomic E-state index is 12.5. The maximum Gasteiger partial charge on any atom is 0.387 e. The number of alkyl halides is 2. The minimum Gasteiger partial charge on any atom is -0.434 e. The molecule has 0 aliphatic carbocycles. The Balaban J connectivity index is 1.98. The van der Waals surface area contributed by atoms with Gasteiger partial charge in [0, 0.05) is 50.3 Å². The normalized spacial score (nSPS) is 18.1. The molecule has 1 N–H and O–H groups in total. The molecule has 0 saturated carbocycles. The van der Waals surface area contributed by atoms with E-state index in [-0.39, 0.29) is 12.3 Å². The van der Waals surface area contributed by atoms with E-state index in [1.807, 2.05) is 11.9 Å². The van der Waals surface area contributed by atoms with Crippen molar-refractivity contribution in [2.24, 2.45) is 10.9 Å². The molecule has 0 radical (unpaired) electrons. The molecule has 1 heterocycles. The number of rotatable bonds is 6. The number of hydrogen-bond acceptors (Lipinski definition) is 3. The molecule has 0 amide bonds. The van der Waals surface area contributed by atoms with E-state index in [0.717, 1.165) is 26.2 Å². The molecule has 1 atom stereocenters. The molecule has 5 nitrogen and oxygen atoms in total. The van der Waals surface area contributed by atoms with E-state index in [1.165, 1.54) is 12.1 Å². The van der Waals surface area contributed by atoms with Gasteiger partial charge in [-0.3, -0.25) is 4.99 Å². The topological polar surface area (TPSA) is 46.1 Å². The van der Waals surface area contributed by atoms with Crippen molar-refractivity contribution in [3.63, 3.8) is 0 Å². The molecule has 1 aliphatic heterocycles. The first kappa shape index (κ1) is 18.7. The second-order valence-corrected chi connectivity index (χ2v) is 6.08. The first-order chi connectivity index (χ1) is 11.5. The Morgan fingerprint density at radius 3 is 2.96 bits per heavy atom. The molecule has 8 heteroatoms. The molecule has 1 saturated heterocycles. The van der Waals surface area contributed by atoms with Crippen LogP contribution in [0.1, 0.15) is 12.0 Å². The average Bonchev–Trinajstić information content (AvgIpc) is 3.03. The van der Waals surface area contributed by atoms with Gasteiger partial charge in [0.1, 0.15) is 5.75 Å². The van der Waals surface area contributed by atoms with Crippen LogP contribution >= 0.6 is 11.6 Å². The Morgan fingerprint density at radius 2 is 2.33 bits per heavy atom. The van der Waals surface area contributed by atoms with Crippen LogP contribution < -0.4 is 10.1 Å². The molecule has 0 bridgehead atoms. The van der Waals surface area contributed by atoms with Crippen molar-refractivity contribution in [2.45, 2.75) is 19.6 Å². The maximum absolute atomic E-state index is 12.5. The Morgan fingerprint density at radius 1 is 1.54 bits per heavy atom. The summed E-state index contributed by atoms with van der Waals surface area (Å²) in [5.74, 6) is 1.24. The Hall–Kier alpha value is -1.60. The third kappa shape index (κ3) is 5.49. The van der Waals surface area contributed by atoms with Crippen molar-refractivity contribution in [3.8, 4) is 5.75 Å². The lowest BCUT2D eigenvalue weighted by atomic mass is 10.1. The van der Waals surface area contributed by atoms with Crippen LogP contribution in [0.5, 0.6) is 5.75 Å². The van der Waals surface area contributed by atoms with Gasteiger partial charge in [0.15, 0.2) is 5.96 Å². The van der Waals surface area contributed by atoms with Gasteiger partial charge in [0.05, 0.1) is 6.61 Å². The summed E-state index contributed by atoms with van der Waals surface area (Å²) >= 11 is 5.95. The van der Waals surface area contributed by atoms with Crippen LogP contribution in [0.4, 0.5) is 8.78 Å². The van der Waals surface area contributed by atoms with Crippen LogP contribution in [-0.4, -0.2) is 51.3 Å². The molecule has 1 aromatic rings. The zero-order valence-electron chi connectivity index (χ0n) is 13.8. The van der Waals surface area contributed by atoms with E-state index < -0.39 is 6.61 Å². The molecule has 1 aromatic carbocycles. The highest BCUT2D eigenvalue weighted by Gasteiger charge is 2.19. The molecule has 134 valence electrons. The van der Waals surface area contributed by atoms with Crippen LogP contribution in [-0.2, 0) is 11.3 Å². The lowest BCUT2D eigenvalue weighted by Gasteiger charge is -2.25. The number of aliphatic imine (C=N–C) groups is 1. The molecule has 1 unspecified atom stereocenters. The van der Waals surface area contributed by atoms with Gasteiger partial charge in [0.25, 0.3) is 0 Å². The highest BCUT2D eigenvalue weighted by atomic mass is 35.5. The summed E-state index contributed by atoms with van der Waals surface area (Å²) in [4.78, 5) is 6.22. The van der Waals surface area contributed by atoms with Crippen molar-refractivity contribution in [1.29, 1.82) is 0 Å². The van der Waals surface area contributed by atoms with E-state index in [0.29, 0.717) is 22.5 Å². The number of halogens is 3. The van der Waals surface area contributed by atoms with Crippen molar-refractivity contribution in [2.75, 3.05) is 33.9 Å². The Labute approximate surface area is 145 Å². The standard InChI is InChI=1S/C16H22ClF2N3O2/c1-20-16(22(2)9-11-5-6-23-10-11)21-8-12-7-13(17)3-4-14(12)24-15(18)19/h3-4,7,11,15H,5-6,8-10H2,1-2H3,(H,20,21). The van der Waals surface area contributed by atoms with E-state index in [1.54, 1.807) is 13.1 Å². The van der Waals surface area contributed by atoms with Gasteiger partial charge in [0.2, 0.25) is 0 Å². The largest absolute Gasteiger partial charge is 0.434 e. The third-order valence-electron chi connectivity index (χ3n) is 3.80. The minimum atomic E-state index is -2.88. The second-order valence-electron chi connectivity index (χ2n) is 5.64. The minimum absolute atomic E-state index is 0.101. The lowest BCUT2D eigenvalue weighted by Crippen LogP contribution is -2.41. The summed E-state index contributed by atoms with van der Waals surface area (Å²) in [6.07, 6.45) is 1.03. The van der Waals surface area contributed by atoms with Crippen molar-refractivity contribution < 1.29 is 18.3 Å². The highest BCUT2D eigenvalue weighted by Crippen LogP contribution is 2.24. The van der Waals surface area contributed by atoms with Crippen molar-refractivity contribution >= 4 is 17.6 Å². The molecule has 24 heavy (non-hydrogen) atoms.